The van der Waals surface area contributed by atoms with Gasteiger partial charge in [-0.3, -0.25) is 4.68 Å². The number of para-hydroxylation sites is 1. The minimum atomic E-state index is 0. The van der Waals surface area contributed by atoms with E-state index in [1.54, 1.807) is 0 Å². The number of hydrogen-bond acceptors (Lipinski definition) is 3. The van der Waals surface area contributed by atoms with Crippen molar-refractivity contribution in [2.24, 2.45) is 0 Å². The second-order valence-corrected chi connectivity index (χ2v) is 11.5. The van der Waals surface area contributed by atoms with Crippen LogP contribution in [-0.4, -0.2) is 19.3 Å². The molecule has 0 radical (unpaired) electrons. The molecular weight excluding hydrogens is 724 g/mol. The maximum atomic E-state index is 6.42. The molecule has 0 aliphatic carbocycles. The Morgan fingerprint density at radius 2 is 1.59 bits per heavy atom. The van der Waals surface area contributed by atoms with Crippen LogP contribution in [0.2, 0.25) is 0 Å². The summed E-state index contributed by atoms with van der Waals surface area (Å²) in [7, 11) is 0. The third-order valence-electron chi connectivity index (χ3n) is 8.02. The topological polar surface area (TPSA) is 44.9 Å². The molecule has 7 rings (SSSR count). The van der Waals surface area contributed by atoms with Crippen molar-refractivity contribution in [1.29, 1.82) is 0 Å². The number of ether oxygens (including phenoxy) is 1. The SMILES string of the molecule is Cc1cc(Oc2[c-]c3c(cc2)c2ccccc2n3-c2cc(C(C)C)ccn2)[c-]c(-n2cc(-c3c(C)cccc3C)cn2)c1.[Pt+2]. The molecule has 220 valence electrons. The first-order valence-corrected chi connectivity index (χ1v) is 14.6. The summed E-state index contributed by atoms with van der Waals surface area (Å²) in [5, 5.41) is 6.93. The van der Waals surface area contributed by atoms with Gasteiger partial charge >= 0.3 is 21.1 Å². The molecule has 5 nitrogen and oxygen atoms in total. The summed E-state index contributed by atoms with van der Waals surface area (Å²) in [6.45, 7) is 10.7. The zero-order valence-electron chi connectivity index (χ0n) is 25.3. The van der Waals surface area contributed by atoms with E-state index in [0.717, 1.165) is 44.4 Å². The van der Waals surface area contributed by atoms with Crippen LogP contribution in [0.1, 0.15) is 42.0 Å². The molecule has 0 unspecified atom stereocenters. The van der Waals surface area contributed by atoms with Crippen LogP contribution < -0.4 is 4.74 Å². The molecule has 0 saturated carbocycles. The van der Waals surface area contributed by atoms with E-state index in [0.29, 0.717) is 17.4 Å². The van der Waals surface area contributed by atoms with E-state index < -0.39 is 0 Å². The predicted molar refractivity (Wildman–Crippen MR) is 174 cm³/mol. The van der Waals surface area contributed by atoms with E-state index in [9.17, 15) is 0 Å². The molecule has 0 aliphatic heterocycles. The minimum Gasteiger partial charge on any atom is -0.509 e. The molecule has 0 spiro atoms. The molecule has 0 amide bonds. The fourth-order valence-corrected chi connectivity index (χ4v) is 5.90. The Morgan fingerprint density at radius 3 is 2.39 bits per heavy atom. The molecule has 4 aromatic carbocycles. The van der Waals surface area contributed by atoms with Crippen LogP contribution in [0.15, 0.2) is 97.5 Å². The Hall–Kier alpha value is -4.47. The Kier molecular flexibility index (Phi) is 8.00. The van der Waals surface area contributed by atoms with Crippen molar-refractivity contribution < 1.29 is 25.8 Å². The standard InChI is InChI=1S/C38H32N4O.Pt/c1-24(2)28-15-16-39-37(19-28)42-35-12-7-6-11-33(35)34-14-13-31(21-36(34)42)43-32-18-25(3)17-30(20-32)41-23-29(22-40-41)38-26(4)9-8-10-27(38)5;/h6-19,22-24H,1-5H3;/q-2;+2. The van der Waals surface area contributed by atoms with Gasteiger partial charge in [-0.1, -0.05) is 62.7 Å². The normalized spacial score (nSPS) is 11.3. The average molecular weight is 756 g/mol. The Bertz CT molecular complexity index is 2120. The van der Waals surface area contributed by atoms with Crippen molar-refractivity contribution in [2.75, 3.05) is 0 Å². The fourth-order valence-electron chi connectivity index (χ4n) is 5.90. The summed E-state index contributed by atoms with van der Waals surface area (Å²) in [4.78, 5) is 4.76. The van der Waals surface area contributed by atoms with E-state index in [4.69, 9.17) is 9.72 Å². The third kappa shape index (κ3) is 5.37. The molecule has 3 heterocycles. The summed E-state index contributed by atoms with van der Waals surface area (Å²) in [6.07, 6.45) is 5.85. The van der Waals surface area contributed by atoms with Crippen molar-refractivity contribution in [1.82, 2.24) is 19.3 Å². The van der Waals surface area contributed by atoms with E-state index in [2.05, 4.69) is 129 Å². The number of aryl methyl sites for hydroxylation is 3. The van der Waals surface area contributed by atoms with E-state index >= 15 is 0 Å². The molecule has 0 N–H and O–H groups in total. The zero-order valence-corrected chi connectivity index (χ0v) is 27.6. The third-order valence-corrected chi connectivity index (χ3v) is 8.02. The summed E-state index contributed by atoms with van der Waals surface area (Å²) in [5.74, 6) is 2.49. The smallest absolute Gasteiger partial charge is 0.509 e. The summed E-state index contributed by atoms with van der Waals surface area (Å²) < 4.78 is 10.5. The van der Waals surface area contributed by atoms with Gasteiger partial charge in [-0.25, -0.2) is 4.98 Å². The van der Waals surface area contributed by atoms with E-state index in [1.807, 2.05) is 29.2 Å². The van der Waals surface area contributed by atoms with Crippen LogP contribution in [-0.2, 0) is 21.1 Å². The average Bonchev–Trinajstić information content (AvgIpc) is 3.60. The summed E-state index contributed by atoms with van der Waals surface area (Å²) in [5.41, 5.74) is 9.86. The molecule has 0 aliphatic rings. The van der Waals surface area contributed by atoms with Crippen molar-refractivity contribution in [3.8, 4) is 34.1 Å². The number of hydrogen-bond donors (Lipinski definition) is 0. The molecule has 44 heavy (non-hydrogen) atoms. The van der Waals surface area contributed by atoms with Crippen molar-refractivity contribution in [2.45, 2.75) is 40.5 Å². The second-order valence-electron chi connectivity index (χ2n) is 11.5. The molecule has 0 bridgehead atoms. The van der Waals surface area contributed by atoms with Crippen molar-refractivity contribution >= 4 is 21.8 Å². The molecular formula is C38H32N4OPt. The van der Waals surface area contributed by atoms with Gasteiger partial charge < -0.3 is 9.30 Å². The second kappa shape index (κ2) is 11.9. The predicted octanol–water partition coefficient (Wildman–Crippen LogP) is 9.47. The van der Waals surface area contributed by atoms with Gasteiger partial charge in [-0.05, 0) is 71.3 Å². The monoisotopic (exact) mass is 755 g/mol. The van der Waals surface area contributed by atoms with Crippen LogP contribution in [0.25, 0.3) is 44.4 Å². The number of rotatable bonds is 6. The van der Waals surface area contributed by atoms with E-state index in [1.165, 1.54) is 22.3 Å². The number of pyridine rings is 1. The Balaban J connectivity index is 0.00000343. The summed E-state index contributed by atoms with van der Waals surface area (Å²) >= 11 is 0. The van der Waals surface area contributed by atoms with Crippen LogP contribution >= 0.6 is 0 Å². The number of fused-ring (bicyclic) bond motifs is 3. The maximum absolute atomic E-state index is 6.42. The van der Waals surface area contributed by atoms with Gasteiger partial charge in [0, 0.05) is 35.0 Å². The largest absolute Gasteiger partial charge is 2.00 e. The molecule has 3 aromatic heterocycles. The Labute approximate surface area is 272 Å². The van der Waals surface area contributed by atoms with Crippen LogP contribution in [0.5, 0.6) is 11.5 Å². The number of benzene rings is 4. The first-order chi connectivity index (χ1) is 20.9. The van der Waals surface area contributed by atoms with Gasteiger partial charge in [0.15, 0.2) is 0 Å². The van der Waals surface area contributed by atoms with E-state index in [-0.39, 0.29) is 21.1 Å². The summed E-state index contributed by atoms with van der Waals surface area (Å²) in [6, 6.07) is 34.1. The van der Waals surface area contributed by atoms with Crippen LogP contribution in [0, 0.1) is 32.9 Å². The van der Waals surface area contributed by atoms with Crippen LogP contribution in [0.4, 0.5) is 0 Å². The van der Waals surface area contributed by atoms with Crippen molar-refractivity contribution in [3.05, 3.63) is 132 Å². The molecule has 7 aromatic rings. The zero-order chi connectivity index (χ0) is 29.7. The van der Waals surface area contributed by atoms with Gasteiger partial charge in [0.2, 0.25) is 0 Å². The molecule has 0 atom stereocenters. The van der Waals surface area contributed by atoms with Crippen molar-refractivity contribution in [3.63, 3.8) is 0 Å². The van der Waals surface area contributed by atoms with Gasteiger partial charge in [0.05, 0.1) is 6.20 Å². The molecule has 6 heteroatoms. The molecule has 0 fully saturated rings. The quantitative estimate of drug-likeness (QED) is 0.159. The van der Waals surface area contributed by atoms with Gasteiger partial charge in [-0.2, -0.15) is 16.7 Å². The van der Waals surface area contributed by atoms with Gasteiger partial charge in [0.25, 0.3) is 0 Å². The Morgan fingerprint density at radius 1 is 0.795 bits per heavy atom. The first-order valence-electron chi connectivity index (χ1n) is 14.6. The van der Waals surface area contributed by atoms with Gasteiger partial charge in [-0.15, -0.1) is 35.7 Å². The maximum Gasteiger partial charge on any atom is 2.00 e. The van der Waals surface area contributed by atoms with Crippen LogP contribution in [0.3, 0.4) is 0 Å². The first kappa shape index (κ1) is 29.6. The fraction of sp³-hybridized carbons (Fsp3) is 0.158. The number of aromatic nitrogens is 4. The molecule has 0 saturated heterocycles. The van der Waals surface area contributed by atoms with Gasteiger partial charge in [0.1, 0.15) is 5.82 Å². The minimum absolute atomic E-state index is 0. The number of nitrogens with zero attached hydrogens (tertiary/aromatic N) is 4.